The van der Waals surface area contributed by atoms with Gasteiger partial charge in [0, 0.05) is 0 Å². The average molecular weight is 277 g/mol. The Labute approximate surface area is 124 Å². The first kappa shape index (κ1) is 16.0. The van der Waals surface area contributed by atoms with Crippen molar-refractivity contribution in [3.05, 3.63) is 58.7 Å². The number of rotatable bonds is 2. The largest absolute Gasteiger partial charge is 0.147 e. The number of allylic oxidation sites excluding steroid dienone is 4. The van der Waals surface area contributed by atoms with Crippen LogP contribution in [0.15, 0.2) is 47.6 Å². The van der Waals surface area contributed by atoms with E-state index in [0.29, 0.717) is 0 Å². The molecule has 19 heavy (non-hydrogen) atoms. The molecule has 104 valence electrons. The molecule has 2 unspecified atom stereocenters. The van der Waals surface area contributed by atoms with Crippen LogP contribution in [-0.4, -0.2) is 0 Å². The summed E-state index contributed by atoms with van der Waals surface area (Å²) in [4.78, 5) is 0. The van der Waals surface area contributed by atoms with E-state index >= 15 is 0 Å². The fourth-order valence-corrected chi connectivity index (χ4v) is 2.73. The maximum atomic E-state index is 2.35. The fraction of sp³-hybridized carbons (Fsp3) is 0.444. The molecule has 0 nitrogen and oxygen atoms in total. The normalized spacial score (nSPS) is 22.9. The predicted octanol–water partition coefficient (Wildman–Crippen LogP) is 5.51. The van der Waals surface area contributed by atoms with Gasteiger partial charge in [-0.1, -0.05) is 67.0 Å². The van der Waals surface area contributed by atoms with E-state index in [1.165, 1.54) is 17.5 Å². The van der Waals surface area contributed by atoms with Crippen molar-refractivity contribution >= 4 is 12.4 Å². The van der Waals surface area contributed by atoms with E-state index in [9.17, 15) is 0 Å². The van der Waals surface area contributed by atoms with Gasteiger partial charge in [0.1, 0.15) is 0 Å². The lowest BCUT2D eigenvalue weighted by atomic mass is 9.94. The van der Waals surface area contributed by atoms with Crippen molar-refractivity contribution in [1.29, 1.82) is 0 Å². The van der Waals surface area contributed by atoms with Gasteiger partial charge < -0.3 is 0 Å². The minimum Gasteiger partial charge on any atom is -0.147 e. The third kappa shape index (κ3) is 3.73. The Hall–Kier alpha value is -1.01. The summed E-state index contributed by atoms with van der Waals surface area (Å²) >= 11 is 0. The molecule has 1 saturated carbocycles. The predicted molar refractivity (Wildman–Crippen MR) is 86.9 cm³/mol. The second-order valence-electron chi connectivity index (χ2n) is 5.26. The van der Waals surface area contributed by atoms with E-state index in [0.717, 1.165) is 18.3 Å². The number of aryl methyl sites for hydroxylation is 1. The van der Waals surface area contributed by atoms with Crippen LogP contribution in [0.25, 0.3) is 0 Å². The lowest BCUT2D eigenvalue weighted by Crippen LogP contribution is -1.99. The maximum Gasteiger partial charge on any atom is -0.00610 e. The molecule has 0 spiro atoms. The van der Waals surface area contributed by atoms with E-state index in [2.05, 4.69) is 50.3 Å². The summed E-state index contributed by atoms with van der Waals surface area (Å²) in [7, 11) is 0. The van der Waals surface area contributed by atoms with Crippen molar-refractivity contribution in [3.8, 4) is 0 Å². The van der Waals surface area contributed by atoms with Crippen molar-refractivity contribution in [1.82, 2.24) is 0 Å². The lowest BCUT2D eigenvalue weighted by molar-refractivity contribution is 0.828. The molecular weight excluding hydrogens is 252 g/mol. The van der Waals surface area contributed by atoms with Gasteiger partial charge >= 0.3 is 0 Å². The van der Waals surface area contributed by atoms with Crippen LogP contribution in [0.4, 0.5) is 0 Å². The van der Waals surface area contributed by atoms with Crippen molar-refractivity contribution in [3.63, 3.8) is 0 Å². The first-order valence-electron chi connectivity index (χ1n) is 7.17. The van der Waals surface area contributed by atoms with Gasteiger partial charge in [0.05, 0.1) is 0 Å². The van der Waals surface area contributed by atoms with E-state index in [4.69, 9.17) is 0 Å². The molecule has 3 rings (SSSR count). The highest BCUT2D eigenvalue weighted by Gasteiger charge is 2.41. The first-order chi connectivity index (χ1) is 8.74. The van der Waals surface area contributed by atoms with Gasteiger partial charge in [0.25, 0.3) is 0 Å². The topological polar surface area (TPSA) is 0 Å². The Kier molecular flexibility index (Phi) is 5.87. The summed E-state index contributed by atoms with van der Waals surface area (Å²) in [5, 5.41) is 0. The second kappa shape index (κ2) is 6.96. The average Bonchev–Trinajstić information content (AvgIpc) is 3.19. The summed E-state index contributed by atoms with van der Waals surface area (Å²) in [5.41, 5.74) is 6.02. The standard InChI is InChI=1S/C16H18.C2H6.ClH/c1-11-3-6-13(7-4-11)9-14-8-5-12(2)15-10-16(14)15;1-2;/h3-8,15-16H,9-10H2,1-2H3;1-2H3;1H. The highest BCUT2D eigenvalue weighted by Crippen LogP contribution is 2.51. The molecule has 0 radical (unpaired) electrons. The SMILES string of the molecule is CC.CC1=CC=C(Cc2ccc(C)cc2)C2CC12.Cl. The molecule has 2 atom stereocenters. The first-order valence-corrected chi connectivity index (χ1v) is 7.17. The minimum atomic E-state index is 0. The van der Waals surface area contributed by atoms with E-state index < -0.39 is 0 Å². The van der Waals surface area contributed by atoms with Gasteiger partial charge in [-0.2, -0.15) is 0 Å². The number of benzene rings is 1. The third-order valence-corrected chi connectivity index (χ3v) is 3.94. The molecule has 0 aliphatic heterocycles. The van der Waals surface area contributed by atoms with Gasteiger partial charge in [0.2, 0.25) is 0 Å². The van der Waals surface area contributed by atoms with Crippen LogP contribution in [0.5, 0.6) is 0 Å². The van der Waals surface area contributed by atoms with Gasteiger partial charge in [-0.25, -0.2) is 0 Å². The van der Waals surface area contributed by atoms with Gasteiger partial charge in [0.15, 0.2) is 0 Å². The highest BCUT2D eigenvalue weighted by atomic mass is 35.5. The lowest BCUT2D eigenvalue weighted by Gasteiger charge is -2.11. The van der Waals surface area contributed by atoms with E-state index in [1.807, 2.05) is 13.8 Å². The Balaban J connectivity index is 0.000000576. The molecule has 2 aliphatic rings. The second-order valence-corrected chi connectivity index (χ2v) is 5.26. The van der Waals surface area contributed by atoms with Crippen LogP contribution >= 0.6 is 12.4 Å². The van der Waals surface area contributed by atoms with Crippen LogP contribution < -0.4 is 0 Å². The molecule has 2 aliphatic carbocycles. The molecule has 0 bridgehead atoms. The molecule has 1 fully saturated rings. The van der Waals surface area contributed by atoms with E-state index in [1.54, 1.807) is 11.1 Å². The minimum absolute atomic E-state index is 0. The number of fused-ring (bicyclic) bond motifs is 1. The monoisotopic (exact) mass is 276 g/mol. The fourth-order valence-electron chi connectivity index (χ4n) is 2.73. The van der Waals surface area contributed by atoms with Crippen molar-refractivity contribution in [2.24, 2.45) is 11.8 Å². The van der Waals surface area contributed by atoms with Crippen LogP contribution in [0.1, 0.15) is 38.3 Å². The zero-order valence-electron chi connectivity index (χ0n) is 12.4. The number of halogens is 1. The summed E-state index contributed by atoms with van der Waals surface area (Å²) in [5.74, 6) is 1.75. The molecular formula is C18H25Cl. The van der Waals surface area contributed by atoms with E-state index in [-0.39, 0.29) is 12.4 Å². The molecule has 0 aromatic heterocycles. The zero-order valence-corrected chi connectivity index (χ0v) is 13.3. The summed E-state index contributed by atoms with van der Waals surface area (Å²) < 4.78 is 0. The Morgan fingerprint density at radius 3 is 2.21 bits per heavy atom. The molecule has 1 aromatic carbocycles. The number of hydrogen-bond acceptors (Lipinski definition) is 0. The van der Waals surface area contributed by atoms with Crippen LogP contribution in [0.3, 0.4) is 0 Å². The quantitative estimate of drug-likeness (QED) is 0.668. The molecule has 1 heteroatoms. The van der Waals surface area contributed by atoms with Crippen molar-refractivity contribution in [2.45, 2.75) is 40.5 Å². The van der Waals surface area contributed by atoms with Crippen LogP contribution in [-0.2, 0) is 6.42 Å². The Morgan fingerprint density at radius 2 is 1.58 bits per heavy atom. The molecule has 0 N–H and O–H groups in total. The highest BCUT2D eigenvalue weighted by molar-refractivity contribution is 5.85. The van der Waals surface area contributed by atoms with Gasteiger partial charge in [-0.3, -0.25) is 0 Å². The Morgan fingerprint density at radius 1 is 0.947 bits per heavy atom. The summed E-state index contributed by atoms with van der Waals surface area (Å²) in [6.45, 7) is 8.41. The van der Waals surface area contributed by atoms with Crippen molar-refractivity contribution < 1.29 is 0 Å². The Bertz CT molecular complexity index is 465. The van der Waals surface area contributed by atoms with Gasteiger partial charge in [-0.05, 0) is 44.1 Å². The molecule has 1 aromatic rings. The summed E-state index contributed by atoms with van der Waals surface area (Å²) in [6.07, 6.45) is 7.20. The van der Waals surface area contributed by atoms with Crippen LogP contribution in [0.2, 0.25) is 0 Å². The zero-order chi connectivity index (χ0) is 13.1. The molecule has 0 heterocycles. The third-order valence-electron chi connectivity index (χ3n) is 3.94. The summed E-state index contributed by atoms with van der Waals surface area (Å²) in [6, 6.07) is 8.95. The van der Waals surface area contributed by atoms with Crippen LogP contribution in [0, 0.1) is 18.8 Å². The smallest absolute Gasteiger partial charge is 0.00610 e. The van der Waals surface area contributed by atoms with Crippen molar-refractivity contribution in [2.75, 3.05) is 0 Å². The van der Waals surface area contributed by atoms with Gasteiger partial charge in [-0.15, -0.1) is 12.4 Å². The maximum absolute atomic E-state index is 2.35. The molecule has 0 amide bonds. The molecule has 0 saturated heterocycles. The number of hydrogen-bond donors (Lipinski definition) is 0.